The van der Waals surface area contributed by atoms with Crippen LogP contribution in [0.4, 0.5) is 0 Å². The monoisotopic (exact) mass is 317 g/mol. The van der Waals surface area contributed by atoms with E-state index in [9.17, 15) is 9.59 Å². The number of hydrogen-bond acceptors (Lipinski definition) is 4. The van der Waals surface area contributed by atoms with Crippen molar-refractivity contribution in [2.45, 2.75) is 32.9 Å². The Morgan fingerprint density at radius 2 is 2.14 bits per heavy atom. The van der Waals surface area contributed by atoms with Crippen LogP contribution in [0.5, 0.6) is 0 Å². The first-order valence-corrected chi connectivity index (χ1v) is 7.91. The molecule has 0 saturated carbocycles. The quantitative estimate of drug-likeness (QED) is 0.859. The number of pyridine rings is 1. The summed E-state index contributed by atoms with van der Waals surface area (Å²) in [6, 6.07) is 7.39. The minimum atomic E-state index is -0.284. The van der Waals surface area contributed by atoms with Crippen molar-refractivity contribution in [3.63, 3.8) is 0 Å². The van der Waals surface area contributed by atoms with Crippen molar-refractivity contribution in [3.8, 4) is 0 Å². The molecule has 1 atom stereocenters. The third-order valence-electron chi connectivity index (χ3n) is 3.12. The van der Waals surface area contributed by atoms with Gasteiger partial charge in [-0.25, -0.2) is 0 Å². The molecule has 22 heavy (non-hydrogen) atoms. The van der Waals surface area contributed by atoms with Gasteiger partial charge in [0.25, 0.3) is 0 Å². The average Bonchev–Trinajstić information content (AvgIpc) is 3.00. The van der Waals surface area contributed by atoms with Gasteiger partial charge in [0.15, 0.2) is 0 Å². The van der Waals surface area contributed by atoms with Gasteiger partial charge in [0.2, 0.25) is 11.8 Å². The van der Waals surface area contributed by atoms with Crippen LogP contribution in [0.3, 0.4) is 0 Å². The van der Waals surface area contributed by atoms with Crippen molar-refractivity contribution in [3.05, 3.63) is 52.0 Å². The number of carbonyl (C=O) groups excluding carboxylic acids is 2. The van der Waals surface area contributed by atoms with Gasteiger partial charge in [-0.05, 0) is 30.0 Å². The molecule has 0 unspecified atom stereocenters. The maximum atomic E-state index is 12.1. The fourth-order valence-corrected chi connectivity index (χ4v) is 2.80. The fourth-order valence-electron chi connectivity index (χ4n) is 2.02. The maximum Gasteiger partial charge on any atom is 0.222 e. The largest absolute Gasteiger partial charge is 0.352 e. The van der Waals surface area contributed by atoms with Crippen molar-refractivity contribution >= 4 is 23.2 Å². The van der Waals surface area contributed by atoms with Crippen LogP contribution in [-0.2, 0) is 16.1 Å². The van der Waals surface area contributed by atoms with Crippen molar-refractivity contribution < 1.29 is 9.59 Å². The standard InChI is InChI=1S/C16H19N3O2S/c1-11-5-6-13(9-17-11)10-18-16(21)8-14(19-12(2)20)15-4-3-7-22-15/h3-7,9,14H,8,10H2,1-2H3,(H,18,21)(H,19,20)/t14-/m0/s1. The fraction of sp³-hybridized carbons (Fsp3) is 0.312. The lowest BCUT2D eigenvalue weighted by Gasteiger charge is -2.16. The lowest BCUT2D eigenvalue weighted by Crippen LogP contribution is -2.32. The van der Waals surface area contributed by atoms with Gasteiger partial charge in [-0.15, -0.1) is 11.3 Å². The molecule has 0 saturated heterocycles. The number of rotatable bonds is 6. The molecule has 0 aliphatic carbocycles. The minimum absolute atomic E-state index is 0.104. The summed E-state index contributed by atoms with van der Waals surface area (Å²) in [6.07, 6.45) is 1.97. The minimum Gasteiger partial charge on any atom is -0.352 e. The first-order valence-electron chi connectivity index (χ1n) is 7.03. The van der Waals surface area contributed by atoms with Crippen LogP contribution in [-0.4, -0.2) is 16.8 Å². The molecule has 2 rings (SSSR count). The second kappa shape index (κ2) is 7.70. The Bertz CT molecular complexity index is 623. The normalized spacial score (nSPS) is 11.7. The van der Waals surface area contributed by atoms with E-state index in [1.54, 1.807) is 6.20 Å². The molecule has 5 nitrogen and oxygen atoms in total. The molecule has 2 aromatic rings. The summed E-state index contributed by atoms with van der Waals surface area (Å²) in [4.78, 5) is 28.6. The maximum absolute atomic E-state index is 12.1. The number of aryl methyl sites for hydroxylation is 1. The molecule has 0 spiro atoms. The Morgan fingerprint density at radius 1 is 1.32 bits per heavy atom. The van der Waals surface area contributed by atoms with Crippen LogP contribution in [0.15, 0.2) is 35.8 Å². The molecule has 6 heteroatoms. The average molecular weight is 317 g/mol. The number of thiophene rings is 1. The number of amides is 2. The van der Waals surface area contributed by atoms with Gasteiger partial charge in [-0.3, -0.25) is 14.6 Å². The summed E-state index contributed by atoms with van der Waals surface area (Å²) in [7, 11) is 0. The summed E-state index contributed by atoms with van der Waals surface area (Å²) < 4.78 is 0. The van der Waals surface area contributed by atoms with Crippen LogP contribution < -0.4 is 10.6 Å². The van der Waals surface area contributed by atoms with E-state index in [-0.39, 0.29) is 24.3 Å². The topological polar surface area (TPSA) is 71.1 Å². The van der Waals surface area contributed by atoms with Crippen LogP contribution in [0, 0.1) is 6.92 Å². The highest BCUT2D eigenvalue weighted by atomic mass is 32.1. The predicted octanol–water partition coefficient (Wildman–Crippen LogP) is 2.34. The zero-order valence-electron chi connectivity index (χ0n) is 12.6. The van der Waals surface area contributed by atoms with E-state index in [0.29, 0.717) is 6.54 Å². The summed E-state index contributed by atoms with van der Waals surface area (Å²) in [6.45, 7) is 3.81. The predicted molar refractivity (Wildman–Crippen MR) is 86.3 cm³/mol. The Labute approximate surface area is 133 Å². The summed E-state index contributed by atoms with van der Waals surface area (Å²) >= 11 is 1.53. The molecule has 0 aliphatic heterocycles. The van der Waals surface area contributed by atoms with Gasteiger partial charge >= 0.3 is 0 Å². The highest BCUT2D eigenvalue weighted by Gasteiger charge is 2.17. The van der Waals surface area contributed by atoms with E-state index in [1.807, 2.05) is 36.6 Å². The Hall–Kier alpha value is -2.21. The zero-order valence-corrected chi connectivity index (χ0v) is 13.4. The highest BCUT2D eigenvalue weighted by Crippen LogP contribution is 2.22. The Kier molecular flexibility index (Phi) is 5.66. The van der Waals surface area contributed by atoms with Crippen molar-refractivity contribution in [2.24, 2.45) is 0 Å². The van der Waals surface area contributed by atoms with Crippen LogP contribution in [0.1, 0.15) is 35.5 Å². The zero-order chi connectivity index (χ0) is 15.9. The Balaban J connectivity index is 1.90. The van der Waals surface area contributed by atoms with Crippen molar-refractivity contribution in [1.82, 2.24) is 15.6 Å². The number of nitrogens with zero attached hydrogens (tertiary/aromatic N) is 1. The van der Waals surface area contributed by atoms with Gasteiger partial charge in [-0.2, -0.15) is 0 Å². The Morgan fingerprint density at radius 3 is 2.73 bits per heavy atom. The molecule has 2 N–H and O–H groups in total. The molecule has 0 bridgehead atoms. The molecule has 0 fully saturated rings. The number of carbonyl (C=O) groups is 2. The van der Waals surface area contributed by atoms with Crippen LogP contribution in [0.2, 0.25) is 0 Å². The summed E-state index contributed by atoms with van der Waals surface area (Å²) in [5.41, 5.74) is 1.89. The molecule has 0 aliphatic rings. The lowest BCUT2D eigenvalue weighted by molar-refractivity contribution is -0.122. The van der Waals surface area contributed by atoms with Crippen LogP contribution in [0.25, 0.3) is 0 Å². The second-order valence-electron chi connectivity index (χ2n) is 5.06. The van der Waals surface area contributed by atoms with Crippen molar-refractivity contribution in [1.29, 1.82) is 0 Å². The molecule has 0 radical (unpaired) electrons. The first-order chi connectivity index (χ1) is 10.5. The number of aromatic nitrogens is 1. The third kappa shape index (κ3) is 4.96. The summed E-state index contributed by atoms with van der Waals surface area (Å²) in [5.74, 6) is -0.248. The van der Waals surface area contributed by atoms with E-state index in [1.165, 1.54) is 18.3 Å². The lowest BCUT2D eigenvalue weighted by atomic mass is 10.1. The van der Waals surface area contributed by atoms with Gasteiger partial charge in [-0.1, -0.05) is 12.1 Å². The smallest absolute Gasteiger partial charge is 0.222 e. The molecule has 2 heterocycles. The van der Waals surface area contributed by atoms with E-state index in [4.69, 9.17) is 0 Å². The van der Waals surface area contributed by atoms with E-state index in [2.05, 4.69) is 15.6 Å². The molecular weight excluding hydrogens is 298 g/mol. The second-order valence-corrected chi connectivity index (χ2v) is 6.04. The molecule has 116 valence electrons. The molecule has 2 aromatic heterocycles. The molecule has 2 amide bonds. The van der Waals surface area contributed by atoms with Gasteiger partial charge < -0.3 is 10.6 Å². The van der Waals surface area contributed by atoms with Crippen LogP contribution >= 0.6 is 11.3 Å². The first kappa shape index (κ1) is 16.2. The van der Waals surface area contributed by atoms with Gasteiger partial charge in [0.05, 0.1) is 12.5 Å². The highest BCUT2D eigenvalue weighted by molar-refractivity contribution is 7.10. The number of nitrogens with one attached hydrogen (secondary N) is 2. The molecule has 0 aromatic carbocycles. The van der Waals surface area contributed by atoms with Crippen molar-refractivity contribution in [2.75, 3.05) is 0 Å². The number of hydrogen-bond donors (Lipinski definition) is 2. The van der Waals surface area contributed by atoms with Gasteiger partial charge in [0, 0.05) is 30.2 Å². The third-order valence-corrected chi connectivity index (χ3v) is 4.10. The van der Waals surface area contributed by atoms with E-state index in [0.717, 1.165) is 16.1 Å². The van der Waals surface area contributed by atoms with E-state index >= 15 is 0 Å². The molecular formula is C16H19N3O2S. The summed E-state index contributed by atoms with van der Waals surface area (Å²) in [5, 5.41) is 7.61. The van der Waals surface area contributed by atoms with Gasteiger partial charge in [0.1, 0.15) is 0 Å². The SMILES string of the molecule is CC(=O)N[C@@H](CC(=O)NCc1ccc(C)nc1)c1cccs1. The van der Waals surface area contributed by atoms with E-state index < -0.39 is 0 Å².